The van der Waals surface area contributed by atoms with Gasteiger partial charge in [-0.15, -0.1) is 0 Å². The summed E-state index contributed by atoms with van der Waals surface area (Å²) in [5.41, 5.74) is 2.91. The molecular formula is C17H20BrNS. The zero-order valence-electron chi connectivity index (χ0n) is 11.5. The first-order valence-corrected chi connectivity index (χ1v) is 9.02. The molecule has 0 spiro atoms. The van der Waals surface area contributed by atoms with Crippen molar-refractivity contribution in [1.29, 1.82) is 0 Å². The van der Waals surface area contributed by atoms with Gasteiger partial charge in [0, 0.05) is 10.5 Å². The van der Waals surface area contributed by atoms with Gasteiger partial charge in [-0.1, -0.05) is 28.1 Å². The van der Waals surface area contributed by atoms with E-state index in [0.717, 1.165) is 19.0 Å². The monoisotopic (exact) mass is 349 g/mol. The van der Waals surface area contributed by atoms with Crippen LogP contribution in [0, 0.1) is 5.92 Å². The van der Waals surface area contributed by atoms with Gasteiger partial charge in [0.2, 0.25) is 0 Å². The minimum atomic E-state index is 0.680. The normalized spacial score (nSPS) is 16.2. The van der Waals surface area contributed by atoms with Crippen molar-refractivity contribution in [3.63, 3.8) is 0 Å². The minimum absolute atomic E-state index is 0.680. The first-order valence-electron chi connectivity index (χ1n) is 7.28. The quantitative estimate of drug-likeness (QED) is 0.766. The Morgan fingerprint density at radius 3 is 2.75 bits per heavy atom. The van der Waals surface area contributed by atoms with Crippen LogP contribution >= 0.6 is 27.3 Å². The number of hydrogen-bond donors (Lipinski definition) is 1. The molecule has 1 aliphatic carbocycles. The Morgan fingerprint density at radius 1 is 1.20 bits per heavy atom. The van der Waals surface area contributed by atoms with Gasteiger partial charge >= 0.3 is 0 Å². The van der Waals surface area contributed by atoms with Gasteiger partial charge < -0.3 is 5.32 Å². The Bertz CT molecular complexity index is 534. The maximum absolute atomic E-state index is 3.70. The molecule has 0 aliphatic heterocycles. The second kappa shape index (κ2) is 6.88. The Kier molecular flexibility index (Phi) is 4.92. The largest absolute Gasteiger partial charge is 0.314 e. The molecule has 3 rings (SSSR count). The van der Waals surface area contributed by atoms with E-state index in [4.69, 9.17) is 0 Å². The minimum Gasteiger partial charge on any atom is -0.314 e. The maximum atomic E-state index is 3.70. The molecule has 0 bridgehead atoms. The van der Waals surface area contributed by atoms with Crippen LogP contribution in [-0.4, -0.2) is 12.6 Å². The van der Waals surface area contributed by atoms with Crippen molar-refractivity contribution in [3.8, 4) is 0 Å². The summed E-state index contributed by atoms with van der Waals surface area (Å²) in [4.78, 5) is 0. The van der Waals surface area contributed by atoms with Gasteiger partial charge in [0.1, 0.15) is 0 Å². The standard InChI is InChI=1S/C17H20BrNS/c18-16-3-1-2-13(10-16)8-15(11-19-17-4-5-17)9-14-6-7-20-12-14/h1-3,6-7,10,12,15,17,19H,4-5,8-9,11H2. The first kappa shape index (κ1) is 14.3. The SMILES string of the molecule is Brc1cccc(CC(CNC2CC2)Cc2ccsc2)c1. The Hall–Kier alpha value is -0.640. The lowest BCUT2D eigenvalue weighted by Gasteiger charge is -2.17. The van der Waals surface area contributed by atoms with Gasteiger partial charge in [-0.3, -0.25) is 0 Å². The van der Waals surface area contributed by atoms with Crippen LogP contribution in [0.4, 0.5) is 0 Å². The van der Waals surface area contributed by atoms with Gasteiger partial charge in [0.15, 0.2) is 0 Å². The van der Waals surface area contributed by atoms with E-state index >= 15 is 0 Å². The van der Waals surface area contributed by atoms with Crippen LogP contribution in [0.1, 0.15) is 24.0 Å². The van der Waals surface area contributed by atoms with E-state index in [1.807, 2.05) is 0 Å². The molecule has 20 heavy (non-hydrogen) atoms. The lowest BCUT2D eigenvalue weighted by molar-refractivity contribution is 0.469. The van der Waals surface area contributed by atoms with Crippen LogP contribution in [0.15, 0.2) is 45.6 Å². The third-order valence-corrected chi connectivity index (χ3v) is 5.02. The summed E-state index contributed by atoms with van der Waals surface area (Å²) >= 11 is 5.37. The highest BCUT2D eigenvalue weighted by molar-refractivity contribution is 9.10. The van der Waals surface area contributed by atoms with Crippen molar-refractivity contribution in [2.75, 3.05) is 6.54 Å². The highest BCUT2D eigenvalue weighted by Gasteiger charge is 2.22. The van der Waals surface area contributed by atoms with Crippen molar-refractivity contribution in [2.24, 2.45) is 5.92 Å². The van der Waals surface area contributed by atoms with Crippen LogP contribution in [0.5, 0.6) is 0 Å². The van der Waals surface area contributed by atoms with E-state index in [0.29, 0.717) is 5.92 Å². The van der Waals surface area contributed by atoms with E-state index in [2.05, 4.69) is 62.3 Å². The van der Waals surface area contributed by atoms with E-state index in [9.17, 15) is 0 Å². The summed E-state index contributed by atoms with van der Waals surface area (Å²) in [6, 6.07) is 11.8. The highest BCUT2D eigenvalue weighted by Crippen LogP contribution is 2.22. The molecule has 0 amide bonds. The molecule has 0 radical (unpaired) electrons. The molecule has 1 fully saturated rings. The predicted octanol–water partition coefficient (Wildman–Crippen LogP) is 4.66. The Labute approximate surface area is 133 Å². The van der Waals surface area contributed by atoms with Crippen molar-refractivity contribution in [3.05, 3.63) is 56.7 Å². The summed E-state index contributed by atoms with van der Waals surface area (Å²) in [6.07, 6.45) is 5.05. The van der Waals surface area contributed by atoms with Gasteiger partial charge in [-0.05, 0) is 78.2 Å². The Morgan fingerprint density at radius 2 is 2.05 bits per heavy atom. The van der Waals surface area contributed by atoms with Crippen LogP contribution in [0.2, 0.25) is 0 Å². The van der Waals surface area contributed by atoms with Crippen molar-refractivity contribution < 1.29 is 0 Å². The number of thiophene rings is 1. The second-order valence-electron chi connectivity index (χ2n) is 5.72. The smallest absolute Gasteiger partial charge is 0.0177 e. The number of rotatable bonds is 7. The Balaban J connectivity index is 1.63. The molecule has 1 unspecified atom stereocenters. The first-order chi connectivity index (χ1) is 9.79. The predicted molar refractivity (Wildman–Crippen MR) is 90.4 cm³/mol. The average molecular weight is 350 g/mol. The summed E-state index contributed by atoms with van der Waals surface area (Å²) in [5.74, 6) is 0.680. The van der Waals surface area contributed by atoms with Gasteiger partial charge in [-0.25, -0.2) is 0 Å². The van der Waals surface area contributed by atoms with Crippen molar-refractivity contribution >= 4 is 27.3 Å². The molecule has 1 N–H and O–H groups in total. The van der Waals surface area contributed by atoms with Crippen molar-refractivity contribution in [1.82, 2.24) is 5.32 Å². The third-order valence-electron chi connectivity index (χ3n) is 3.79. The zero-order chi connectivity index (χ0) is 13.8. The van der Waals surface area contributed by atoms with E-state index in [-0.39, 0.29) is 0 Å². The van der Waals surface area contributed by atoms with Crippen LogP contribution in [-0.2, 0) is 12.8 Å². The molecule has 106 valence electrons. The molecule has 0 saturated heterocycles. The summed E-state index contributed by atoms with van der Waals surface area (Å²) in [5, 5.41) is 8.16. The van der Waals surface area contributed by atoms with E-state index in [1.165, 1.54) is 34.9 Å². The topological polar surface area (TPSA) is 12.0 Å². The molecule has 2 aromatic rings. The molecule has 1 heterocycles. The molecule has 1 aromatic heterocycles. The van der Waals surface area contributed by atoms with E-state index in [1.54, 1.807) is 11.3 Å². The van der Waals surface area contributed by atoms with Gasteiger partial charge in [0.25, 0.3) is 0 Å². The lowest BCUT2D eigenvalue weighted by Crippen LogP contribution is -2.27. The number of hydrogen-bond acceptors (Lipinski definition) is 2. The zero-order valence-corrected chi connectivity index (χ0v) is 13.9. The molecule has 1 nitrogen and oxygen atoms in total. The van der Waals surface area contributed by atoms with Gasteiger partial charge in [0.05, 0.1) is 0 Å². The average Bonchev–Trinajstić information content (AvgIpc) is 3.12. The van der Waals surface area contributed by atoms with E-state index < -0.39 is 0 Å². The third kappa shape index (κ3) is 4.44. The molecule has 1 atom stereocenters. The molecule has 1 aliphatic rings. The fraction of sp³-hybridized carbons (Fsp3) is 0.412. The van der Waals surface area contributed by atoms with Crippen LogP contribution in [0.25, 0.3) is 0 Å². The van der Waals surface area contributed by atoms with Crippen molar-refractivity contribution in [2.45, 2.75) is 31.7 Å². The summed E-state index contributed by atoms with van der Waals surface area (Å²) in [6.45, 7) is 1.13. The molecule has 1 saturated carbocycles. The van der Waals surface area contributed by atoms with Gasteiger partial charge in [-0.2, -0.15) is 11.3 Å². The number of halogens is 1. The molecule has 3 heteroatoms. The fourth-order valence-corrected chi connectivity index (χ4v) is 3.70. The number of benzene rings is 1. The van der Waals surface area contributed by atoms with Crippen LogP contribution in [0.3, 0.4) is 0 Å². The molecular weight excluding hydrogens is 330 g/mol. The fourth-order valence-electron chi connectivity index (χ4n) is 2.58. The lowest BCUT2D eigenvalue weighted by atomic mass is 9.93. The summed E-state index contributed by atoms with van der Waals surface area (Å²) < 4.78 is 1.18. The highest BCUT2D eigenvalue weighted by atomic mass is 79.9. The molecule has 1 aromatic carbocycles. The number of nitrogens with one attached hydrogen (secondary N) is 1. The maximum Gasteiger partial charge on any atom is 0.0177 e. The summed E-state index contributed by atoms with van der Waals surface area (Å²) in [7, 11) is 0. The van der Waals surface area contributed by atoms with Crippen LogP contribution < -0.4 is 5.32 Å². The second-order valence-corrected chi connectivity index (χ2v) is 7.41.